The van der Waals surface area contributed by atoms with Crippen LogP contribution in [0.25, 0.3) is 0 Å². The van der Waals surface area contributed by atoms with Crippen LogP contribution >= 0.6 is 0 Å². The van der Waals surface area contributed by atoms with Crippen molar-refractivity contribution in [1.82, 2.24) is 0 Å². The molecule has 14 heavy (non-hydrogen) atoms. The molecule has 1 aliphatic rings. The van der Waals surface area contributed by atoms with E-state index < -0.39 is 0 Å². The Morgan fingerprint density at radius 3 is 2.79 bits per heavy atom. The van der Waals surface area contributed by atoms with Crippen molar-refractivity contribution in [3.05, 3.63) is 0 Å². The minimum atomic E-state index is 0.584. The number of nitrogens with zero attached hydrogens (tertiary/aromatic N) is 1. The molecule has 0 radical (unpaired) electrons. The average molecular weight is 196 g/mol. The third-order valence-electron chi connectivity index (χ3n) is 3.30. The second kappa shape index (κ2) is 6.05. The summed E-state index contributed by atoms with van der Waals surface area (Å²) >= 11 is 0. The summed E-state index contributed by atoms with van der Waals surface area (Å²) < 4.78 is 0. The molecule has 0 aromatic carbocycles. The molecule has 1 saturated carbocycles. The number of aliphatic imine (C=N–C) groups is 1. The van der Waals surface area contributed by atoms with Gasteiger partial charge in [-0.25, -0.2) is 0 Å². The minimum Gasteiger partial charge on any atom is -0.387 e. The van der Waals surface area contributed by atoms with Crippen LogP contribution in [0, 0.1) is 11.8 Å². The van der Waals surface area contributed by atoms with Gasteiger partial charge in [0.25, 0.3) is 0 Å². The Kier molecular flexibility index (Phi) is 4.99. The van der Waals surface area contributed by atoms with E-state index >= 15 is 0 Å². The highest BCUT2D eigenvalue weighted by Crippen LogP contribution is 2.30. The van der Waals surface area contributed by atoms with Gasteiger partial charge < -0.3 is 5.73 Å². The SMILES string of the molecule is CCCN=C(N)C1CCCC(CC)C1. The molecule has 2 nitrogen and oxygen atoms in total. The summed E-state index contributed by atoms with van der Waals surface area (Å²) in [5, 5.41) is 0. The summed E-state index contributed by atoms with van der Waals surface area (Å²) in [7, 11) is 0. The van der Waals surface area contributed by atoms with E-state index in [-0.39, 0.29) is 0 Å². The van der Waals surface area contributed by atoms with Gasteiger partial charge in [0, 0.05) is 12.5 Å². The minimum absolute atomic E-state index is 0.584. The zero-order valence-electron chi connectivity index (χ0n) is 9.63. The fourth-order valence-electron chi connectivity index (χ4n) is 2.30. The van der Waals surface area contributed by atoms with Gasteiger partial charge >= 0.3 is 0 Å². The van der Waals surface area contributed by atoms with Crippen LogP contribution < -0.4 is 5.73 Å². The highest BCUT2D eigenvalue weighted by Gasteiger charge is 2.22. The Balaban J connectivity index is 2.42. The first-order chi connectivity index (χ1) is 6.77. The predicted molar refractivity (Wildman–Crippen MR) is 62.5 cm³/mol. The summed E-state index contributed by atoms with van der Waals surface area (Å²) in [6, 6.07) is 0. The first kappa shape index (κ1) is 11.5. The van der Waals surface area contributed by atoms with Crippen LogP contribution in [-0.2, 0) is 0 Å². The molecule has 0 saturated heterocycles. The van der Waals surface area contributed by atoms with Gasteiger partial charge in [0.05, 0.1) is 5.84 Å². The van der Waals surface area contributed by atoms with Crippen LogP contribution in [0.1, 0.15) is 52.4 Å². The molecular formula is C12H24N2. The smallest absolute Gasteiger partial charge is 0.0968 e. The van der Waals surface area contributed by atoms with Gasteiger partial charge in [0.15, 0.2) is 0 Å². The molecular weight excluding hydrogens is 172 g/mol. The van der Waals surface area contributed by atoms with Gasteiger partial charge in [-0.2, -0.15) is 0 Å². The number of hydrogen-bond acceptors (Lipinski definition) is 1. The highest BCUT2D eigenvalue weighted by atomic mass is 14.9. The topological polar surface area (TPSA) is 38.4 Å². The number of nitrogens with two attached hydrogens (primary N) is 1. The van der Waals surface area contributed by atoms with Crippen LogP contribution in [-0.4, -0.2) is 12.4 Å². The standard InChI is InChI=1S/C12H24N2/c1-3-8-14-12(13)11-7-5-6-10(4-2)9-11/h10-11H,3-9H2,1-2H3,(H2,13,14). The Hall–Kier alpha value is -0.530. The molecule has 0 heterocycles. The summed E-state index contributed by atoms with van der Waals surface area (Å²) in [5.41, 5.74) is 6.00. The normalized spacial score (nSPS) is 29.1. The van der Waals surface area contributed by atoms with Crippen molar-refractivity contribution in [1.29, 1.82) is 0 Å². The average Bonchev–Trinajstić information content (AvgIpc) is 2.26. The maximum Gasteiger partial charge on any atom is 0.0968 e. The second-order valence-electron chi connectivity index (χ2n) is 4.44. The zero-order valence-corrected chi connectivity index (χ0v) is 9.63. The van der Waals surface area contributed by atoms with Gasteiger partial charge in [-0.3, -0.25) is 4.99 Å². The largest absolute Gasteiger partial charge is 0.387 e. The lowest BCUT2D eigenvalue weighted by Gasteiger charge is -2.27. The van der Waals surface area contributed by atoms with Crippen LogP contribution in [0.5, 0.6) is 0 Å². The fourth-order valence-corrected chi connectivity index (χ4v) is 2.30. The van der Waals surface area contributed by atoms with Gasteiger partial charge in [-0.1, -0.05) is 33.1 Å². The van der Waals surface area contributed by atoms with Crippen molar-refractivity contribution in [3.63, 3.8) is 0 Å². The highest BCUT2D eigenvalue weighted by molar-refractivity contribution is 5.82. The van der Waals surface area contributed by atoms with E-state index in [2.05, 4.69) is 18.8 Å². The van der Waals surface area contributed by atoms with Gasteiger partial charge in [-0.05, 0) is 25.2 Å². The third-order valence-corrected chi connectivity index (χ3v) is 3.30. The van der Waals surface area contributed by atoms with E-state index in [1.807, 2.05) is 0 Å². The van der Waals surface area contributed by atoms with Crippen molar-refractivity contribution < 1.29 is 0 Å². The number of hydrogen-bond donors (Lipinski definition) is 1. The van der Waals surface area contributed by atoms with Gasteiger partial charge in [0.2, 0.25) is 0 Å². The Bertz CT molecular complexity index is 187. The Morgan fingerprint density at radius 1 is 1.36 bits per heavy atom. The first-order valence-electron chi connectivity index (χ1n) is 6.07. The molecule has 0 spiro atoms. The molecule has 1 fully saturated rings. The lowest BCUT2D eigenvalue weighted by Crippen LogP contribution is -2.29. The van der Waals surface area contributed by atoms with Gasteiger partial charge in [0.1, 0.15) is 0 Å². The van der Waals surface area contributed by atoms with E-state index in [0.717, 1.165) is 24.7 Å². The molecule has 0 aromatic heterocycles. The summed E-state index contributed by atoms with van der Waals surface area (Å²) in [6.45, 7) is 5.33. The van der Waals surface area contributed by atoms with Crippen molar-refractivity contribution in [2.45, 2.75) is 52.4 Å². The molecule has 2 unspecified atom stereocenters. The molecule has 82 valence electrons. The lowest BCUT2D eigenvalue weighted by atomic mass is 9.80. The third kappa shape index (κ3) is 3.32. The van der Waals surface area contributed by atoms with E-state index in [4.69, 9.17) is 5.73 Å². The van der Waals surface area contributed by atoms with Crippen molar-refractivity contribution in [2.75, 3.05) is 6.54 Å². The van der Waals surface area contributed by atoms with Crippen molar-refractivity contribution >= 4 is 5.84 Å². The van der Waals surface area contributed by atoms with E-state index in [9.17, 15) is 0 Å². The molecule has 0 aromatic rings. The van der Waals surface area contributed by atoms with E-state index in [1.54, 1.807) is 0 Å². The molecule has 2 N–H and O–H groups in total. The zero-order chi connectivity index (χ0) is 10.4. The fraction of sp³-hybridized carbons (Fsp3) is 0.917. The maximum absolute atomic E-state index is 6.00. The predicted octanol–water partition coefficient (Wildman–Crippen LogP) is 2.97. The maximum atomic E-state index is 6.00. The molecule has 1 aliphatic carbocycles. The summed E-state index contributed by atoms with van der Waals surface area (Å²) in [5.74, 6) is 2.40. The quantitative estimate of drug-likeness (QED) is 0.545. The second-order valence-corrected chi connectivity index (χ2v) is 4.44. The Labute approximate surface area is 88.0 Å². The molecule has 2 heteroatoms. The summed E-state index contributed by atoms with van der Waals surface area (Å²) in [6.07, 6.45) is 7.67. The van der Waals surface area contributed by atoms with Gasteiger partial charge in [-0.15, -0.1) is 0 Å². The van der Waals surface area contributed by atoms with Crippen LogP contribution in [0.4, 0.5) is 0 Å². The summed E-state index contributed by atoms with van der Waals surface area (Å²) in [4.78, 5) is 4.43. The van der Waals surface area contributed by atoms with Crippen molar-refractivity contribution in [3.8, 4) is 0 Å². The van der Waals surface area contributed by atoms with Crippen LogP contribution in [0.15, 0.2) is 4.99 Å². The number of rotatable bonds is 4. The molecule has 1 rings (SSSR count). The van der Waals surface area contributed by atoms with E-state index in [1.165, 1.54) is 32.1 Å². The van der Waals surface area contributed by atoms with Crippen molar-refractivity contribution in [2.24, 2.45) is 22.6 Å². The first-order valence-corrected chi connectivity index (χ1v) is 6.07. The van der Waals surface area contributed by atoms with Crippen LogP contribution in [0.3, 0.4) is 0 Å². The van der Waals surface area contributed by atoms with Crippen LogP contribution in [0.2, 0.25) is 0 Å². The molecule has 0 aliphatic heterocycles. The van der Waals surface area contributed by atoms with E-state index in [0.29, 0.717) is 5.92 Å². The Morgan fingerprint density at radius 2 is 2.14 bits per heavy atom. The number of amidine groups is 1. The molecule has 0 amide bonds. The molecule has 0 bridgehead atoms. The molecule has 2 atom stereocenters. The lowest BCUT2D eigenvalue weighted by molar-refractivity contribution is 0.309. The monoisotopic (exact) mass is 196 g/mol.